The molecule has 0 radical (unpaired) electrons. The van der Waals surface area contributed by atoms with Gasteiger partial charge in [-0.3, -0.25) is 14.4 Å². The Hall–Kier alpha value is -0.880. The van der Waals surface area contributed by atoms with Crippen molar-refractivity contribution in [1.29, 1.82) is 0 Å². The Kier molecular flexibility index (Phi) is 3.39. The maximum atomic E-state index is 11.1. The molecule has 0 saturated carbocycles. The van der Waals surface area contributed by atoms with Crippen molar-refractivity contribution < 1.29 is 4.79 Å². The van der Waals surface area contributed by atoms with Gasteiger partial charge in [-0.25, -0.2) is 0 Å². The molecular formula is C12H17BrN4O. The minimum atomic E-state index is 0.203. The second-order valence-electron chi connectivity index (χ2n) is 5.22. The fourth-order valence-corrected chi connectivity index (χ4v) is 2.98. The van der Waals surface area contributed by atoms with Crippen molar-refractivity contribution in [3.05, 3.63) is 16.9 Å². The Morgan fingerprint density at radius 1 is 1.50 bits per heavy atom. The Morgan fingerprint density at radius 2 is 2.33 bits per heavy atom. The lowest BCUT2D eigenvalue weighted by atomic mass is 9.96. The van der Waals surface area contributed by atoms with E-state index in [2.05, 4.69) is 31.2 Å². The third-order valence-corrected chi connectivity index (χ3v) is 4.18. The summed E-state index contributed by atoms with van der Waals surface area (Å²) in [4.78, 5) is 13.5. The van der Waals surface area contributed by atoms with Crippen molar-refractivity contribution in [3.8, 4) is 0 Å². The summed E-state index contributed by atoms with van der Waals surface area (Å²) in [6, 6.07) is 0.509. The zero-order valence-electron chi connectivity index (χ0n) is 10.2. The first-order valence-electron chi connectivity index (χ1n) is 6.39. The van der Waals surface area contributed by atoms with Crippen LogP contribution in [0.15, 0.2) is 16.9 Å². The number of rotatable bonds is 3. The molecule has 0 spiro atoms. The molecule has 3 rings (SSSR count). The molecule has 1 amide bonds. The fraction of sp³-hybridized carbons (Fsp3) is 0.667. The molecule has 5 nitrogen and oxygen atoms in total. The number of likely N-dealkylation sites (tertiary alicyclic amines) is 1. The van der Waals surface area contributed by atoms with E-state index in [4.69, 9.17) is 0 Å². The van der Waals surface area contributed by atoms with E-state index in [0.717, 1.165) is 37.1 Å². The van der Waals surface area contributed by atoms with E-state index in [-0.39, 0.29) is 5.91 Å². The van der Waals surface area contributed by atoms with Gasteiger partial charge in [0, 0.05) is 38.8 Å². The minimum absolute atomic E-state index is 0.203. The molecule has 1 aromatic heterocycles. The minimum Gasteiger partial charge on any atom is -0.356 e. The molecule has 3 heterocycles. The fourth-order valence-electron chi connectivity index (χ4n) is 2.68. The number of amides is 1. The third kappa shape index (κ3) is 2.59. The van der Waals surface area contributed by atoms with E-state index in [1.54, 1.807) is 0 Å². The van der Waals surface area contributed by atoms with Gasteiger partial charge in [0.05, 0.1) is 16.7 Å². The first-order valence-corrected chi connectivity index (χ1v) is 7.19. The molecule has 1 unspecified atom stereocenters. The Bertz CT molecular complexity index is 431. The van der Waals surface area contributed by atoms with Crippen molar-refractivity contribution in [2.24, 2.45) is 5.92 Å². The molecule has 98 valence electrons. The quantitative estimate of drug-likeness (QED) is 0.907. The molecule has 6 heteroatoms. The summed E-state index contributed by atoms with van der Waals surface area (Å²) < 4.78 is 3.07. The predicted molar refractivity (Wildman–Crippen MR) is 71.1 cm³/mol. The SMILES string of the molecule is O=C1CCC(CN2CC(n3cc(Br)cn3)C2)CN1. The molecule has 2 saturated heterocycles. The molecule has 2 aliphatic rings. The van der Waals surface area contributed by atoms with Gasteiger partial charge >= 0.3 is 0 Å². The molecule has 1 aromatic rings. The summed E-state index contributed by atoms with van der Waals surface area (Å²) in [7, 11) is 0. The van der Waals surface area contributed by atoms with Gasteiger partial charge in [0.15, 0.2) is 0 Å². The highest BCUT2D eigenvalue weighted by atomic mass is 79.9. The lowest BCUT2D eigenvalue weighted by molar-refractivity contribution is -0.123. The Morgan fingerprint density at radius 3 is 2.94 bits per heavy atom. The van der Waals surface area contributed by atoms with Gasteiger partial charge in [0.1, 0.15) is 0 Å². The number of carbonyl (C=O) groups excluding carboxylic acids is 1. The van der Waals surface area contributed by atoms with Gasteiger partial charge in [-0.1, -0.05) is 0 Å². The van der Waals surface area contributed by atoms with Gasteiger partial charge in [-0.2, -0.15) is 5.10 Å². The van der Waals surface area contributed by atoms with Gasteiger partial charge in [0.25, 0.3) is 0 Å². The summed E-state index contributed by atoms with van der Waals surface area (Å²) in [5.74, 6) is 0.821. The molecule has 2 fully saturated rings. The summed E-state index contributed by atoms with van der Waals surface area (Å²) >= 11 is 3.42. The number of hydrogen-bond acceptors (Lipinski definition) is 3. The average Bonchev–Trinajstić information content (AvgIpc) is 2.72. The zero-order valence-corrected chi connectivity index (χ0v) is 11.8. The number of nitrogens with one attached hydrogen (secondary N) is 1. The largest absolute Gasteiger partial charge is 0.356 e. The second-order valence-corrected chi connectivity index (χ2v) is 6.14. The van der Waals surface area contributed by atoms with Crippen LogP contribution in [0.1, 0.15) is 18.9 Å². The highest BCUT2D eigenvalue weighted by molar-refractivity contribution is 9.10. The first-order chi connectivity index (χ1) is 8.70. The summed E-state index contributed by atoms with van der Waals surface area (Å²) in [6.07, 6.45) is 5.58. The lowest BCUT2D eigenvalue weighted by Gasteiger charge is -2.41. The van der Waals surface area contributed by atoms with Crippen LogP contribution in [-0.2, 0) is 4.79 Å². The van der Waals surface area contributed by atoms with Crippen LogP contribution in [-0.4, -0.2) is 46.8 Å². The van der Waals surface area contributed by atoms with E-state index in [1.165, 1.54) is 0 Å². The molecule has 1 atom stereocenters. The van der Waals surface area contributed by atoms with Crippen LogP contribution >= 0.6 is 15.9 Å². The zero-order chi connectivity index (χ0) is 12.5. The summed E-state index contributed by atoms with van der Waals surface area (Å²) in [6.45, 7) is 4.07. The van der Waals surface area contributed by atoms with Crippen LogP contribution in [0.3, 0.4) is 0 Å². The van der Waals surface area contributed by atoms with Crippen molar-refractivity contribution in [3.63, 3.8) is 0 Å². The van der Waals surface area contributed by atoms with Crippen LogP contribution in [0.2, 0.25) is 0 Å². The van der Waals surface area contributed by atoms with Gasteiger partial charge in [-0.05, 0) is 28.3 Å². The molecular weight excluding hydrogens is 296 g/mol. The van der Waals surface area contributed by atoms with Gasteiger partial charge in [-0.15, -0.1) is 0 Å². The number of hydrogen-bond donors (Lipinski definition) is 1. The van der Waals surface area contributed by atoms with Crippen LogP contribution in [0.4, 0.5) is 0 Å². The van der Waals surface area contributed by atoms with Crippen molar-refractivity contribution >= 4 is 21.8 Å². The van der Waals surface area contributed by atoms with Crippen LogP contribution in [0, 0.1) is 5.92 Å². The Balaban J connectivity index is 1.44. The highest BCUT2D eigenvalue weighted by Crippen LogP contribution is 2.24. The highest BCUT2D eigenvalue weighted by Gasteiger charge is 2.31. The van der Waals surface area contributed by atoms with Crippen molar-refractivity contribution in [2.75, 3.05) is 26.2 Å². The maximum Gasteiger partial charge on any atom is 0.220 e. The molecule has 0 aromatic carbocycles. The predicted octanol–water partition coefficient (Wildman–Crippen LogP) is 1.03. The van der Waals surface area contributed by atoms with Gasteiger partial charge in [0.2, 0.25) is 5.91 Å². The van der Waals surface area contributed by atoms with Crippen LogP contribution in [0.25, 0.3) is 0 Å². The molecule has 0 bridgehead atoms. The second kappa shape index (κ2) is 5.01. The van der Waals surface area contributed by atoms with E-state index >= 15 is 0 Å². The lowest BCUT2D eigenvalue weighted by Crippen LogP contribution is -2.51. The number of piperidine rings is 1. The normalized spacial score (nSPS) is 25.8. The van der Waals surface area contributed by atoms with Crippen LogP contribution < -0.4 is 5.32 Å². The monoisotopic (exact) mass is 312 g/mol. The van der Waals surface area contributed by atoms with E-state index in [0.29, 0.717) is 18.4 Å². The number of carbonyl (C=O) groups is 1. The van der Waals surface area contributed by atoms with Crippen molar-refractivity contribution in [1.82, 2.24) is 20.0 Å². The van der Waals surface area contributed by atoms with Gasteiger partial charge < -0.3 is 5.32 Å². The topological polar surface area (TPSA) is 50.2 Å². The number of nitrogens with zero attached hydrogens (tertiary/aromatic N) is 3. The van der Waals surface area contributed by atoms with E-state index in [9.17, 15) is 4.79 Å². The summed E-state index contributed by atoms with van der Waals surface area (Å²) in [5, 5.41) is 7.26. The molecule has 2 aliphatic heterocycles. The maximum absolute atomic E-state index is 11.1. The smallest absolute Gasteiger partial charge is 0.220 e. The van der Waals surface area contributed by atoms with E-state index in [1.807, 2.05) is 17.1 Å². The molecule has 1 N–H and O–H groups in total. The molecule has 18 heavy (non-hydrogen) atoms. The molecule has 0 aliphatic carbocycles. The van der Waals surface area contributed by atoms with Crippen molar-refractivity contribution in [2.45, 2.75) is 18.9 Å². The third-order valence-electron chi connectivity index (χ3n) is 3.77. The standard InChI is InChI=1S/C12H17BrN4O/c13-10-4-15-17(6-10)11-7-16(8-11)5-9-1-2-12(18)14-3-9/h4,6,9,11H,1-3,5,7-8H2,(H,14,18). The number of aromatic nitrogens is 2. The average molecular weight is 313 g/mol. The van der Waals surface area contributed by atoms with Crippen LogP contribution in [0.5, 0.6) is 0 Å². The van der Waals surface area contributed by atoms with E-state index < -0.39 is 0 Å². The first kappa shape index (κ1) is 12.2. The summed E-state index contributed by atoms with van der Waals surface area (Å²) in [5.41, 5.74) is 0. The Labute approximate surface area is 115 Å². The number of halogens is 1.